The quantitative estimate of drug-likeness (QED) is 0.721. The Kier molecular flexibility index (Phi) is 3.98. The lowest BCUT2D eigenvalue weighted by atomic mass is 9.97. The van der Waals surface area contributed by atoms with Gasteiger partial charge in [-0.05, 0) is 29.8 Å². The van der Waals surface area contributed by atoms with Gasteiger partial charge in [0.1, 0.15) is 5.82 Å². The summed E-state index contributed by atoms with van der Waals surface area (Å²) in [5.74, 6) is 0.995. The molecular formula is C21H21N5O. The molecule has 0 unspecified atom stereocenters. The van der Waals surface area contributed by atoms with Crippen molar-refractivity contribution >= 4 is 11.5 Å². The SMILES string of the molecule is Cn1nccc1-c1ccc2c(c1)C(c1ccnc(N3CCOCC3)c1)=NC2. The first-order valence-electron chi connectivity index (χ1n) is 9.25. The van der Waals surface area contributed by atoms with Gasteiger partial charge in [-0.1, -0.05) is 12.1 Å². The molecular weight excluding hydrogens is 338 g/mol. The average Bonchev–Trinajstić information content (AvgIpc) is 3.34. The number of benzene rings is 1. The zero-order chi connectivity index (χ0) is 18.2. The van der Waals surface area contributed by atoms with Crippen molar-refractivity contribution in [3.8, 4) is 11.3 Å². The summed E-state index contributed by atoms with van der Waals surface area (Å²) in [5, 5.41) is 4.29. The molecule has 2 aromatic heterocycles. The van der Waals surface area contributed by atoms with Gasteiger partial charge in [0.25, 0.3) is 0 Å². The Morgan fingerprint density at radius 1 is 0.963 bits per heavy atom. The lowest BCUT2D eigenvalue weighted by molar-refractivity contribution is 0.122. The monoisotopic (exact) mass is 359 g/mol. The van der Waals surface area contributed by atoms with Crippen molar-refractivity contribution in [1.82, 2.24) is 14.8 Å². The number of hydrogen-bond acceptors (Lipinski definition) is 5. The number of nitrogens with zero attached hydrogens (tertiary/aromatic N) is 5. The van der Waals surface area contributed by atoms with E-state index in [1.807, 2.05) is 30.2 Å². The van der Waals surface area contributed by atoms with E-state index in [-0.39, 0.29) is 0 Å². The van der Waals surface area contributed by atoms with E-state index in [9.17, 15) is 0 Å². The van der Waals surface area contributed by atoms with Gasteiger partial charge in [-0.3, -0.25) is 9.67 Å². The van der Waals surface area contributed by atoms with Gasteiger partial charge in [0.05, 0.1) is 31.2 Å². The third-order valence-corrected chi connectivity index (χ3v) is 5.24. The number of anilines is 1. The Labute approximate surface area is 158 Å². The Bertz CT molecular complexity index is 1020. The van der Waals surface area contributed by atoms with Crippen LogP contribution < -0.4 is 4.90 Å². The first-order valence-corrected chi connectivity index (χ1v) is 9.25. The Morgan fingerprint density at radius 2 is 1.85 bits per heavy atom. The average molecular weight is 359 g/mol. The molecule has 0 saturated carbocycles. The van der Waals surface area contributed by atoms with Gasteiger partial charge in [0.2, 0.25) is 0 Å². The van der Waals surface area contributed by atoms with Crippen LogP contribution >= 0.6 is 0 Å². The molecule has 0 amide bonds. The number of rotatable bonds is 3. The summed E-state index contributed by atoms with van der Waals surface area (Å²) < 4.78 is 7.35. The number of fused-ring (bicyclic) bond motifs is 1. The van der Waals surface area contributed by atoms with Crippen LogP contribution in [0.25, 0.3) is 11.3 Å². The Hall–Kier alpha value is -2.99. The number of hydrogen-bond donors (Lipinski definition) is 0. The van der Waals surface area contributed by atoms with Crippen LogP contribution in [0.3, 0.4) is 0 Å². The van der Waals surface area contributed by atoms with E-state index in [0.717, 1.165) is 61.2 Å². The molecule has 2 aliphatic rings. The molecule has 4 heterocycles. The van der Waals surface area contributed by atoms with Crippen LogP contribution in [0.1, 0.15) is 16.7 Å². The highest BCUT2D eigenvalue weighted by Crippen LogP contribution is 2.29. The summed E-state index contributed by atoms with van der Waals surface area (Å²) in [6.07, 6.45) is 3.71. The van der Waals surface area contributed by atoms with Crippen LogP contribution in [0.5, 0.6) is 0 Å². The summed E-state index contributed by atoms with van der Waals surface area (Å²) >= 11 is 0. The van der Waals surface area contributed by atoms with Crippen LogP contribution in [-0.2, 0) is 18.3 Å². The van der Waals surface area contributed by atoms with E-state index in [2.05, 4.69) is 45.3 Å². The molecule has 1 fully saturated rings. The number of ether oxygens (including phenoxy) is 1. The van der Waals surface area contributed by atoms with Crippen LogP contribution in [-0.4, -0.2) is 46.8 Å². The van der Waals surface area contributed by atoms with Gasteiger partial charge < -0.3 is 9.64 Å². The third-order valence-electron chi connectivity index (χ3n) is 5.24. The van der Waals surface area contributed by atoms with Crippen LogP contribution in [0.15, 0.2) is 53.8 Å². The minimum atomic E-state index is 0.728. The highest BCUT2D eigenvalue weighted by atomic mass is 16.5. The molecule has 6 nitrogen and oxygen atoms in total. The second-order valence-corrected chi connectivity index (χ2v) is 6.88. The topological polar surface area (TPSA) is 55.5 Å². The lowest BCUT2D eigenvalue weighted by Crippen LogP contribution is -2.36. The molecule has 0 spiro atoms. The largest absolute Gasteiger partial charge is 0.378 e. The van der Waals surface area contributed by atoms with E-state index in [0.29, 0.717) is 0 Å². The Morgan fingerprint density at radius 3 is 2.67 bits per heavy atom. The van der Waals surface area contributed by atoms with Crippen LogP contribution in [0.4, 0.5) is 5.82 Å². The van der Waals surface area contributed by atoms with Gasteiger partial charge in [0.15, 0.2) is 0 Å². The smallest absolute Gasteiger partial charge is 0.129 e. The van der Waals surface area contributed by atoms with E-state index in [1.54, 1.807) is 0 Å². The van der Waals surface area contributed by atoms with E-state index in [4.69, 9.17) is 9.73 Å². The predicted molar refractivity (Wildman–Crippen MR) is 105 cm³/mol. The number of pyridine rings is 1. The number of morpholine rings is 1. The zero-order valence-electron chi connectivity index (χ0n) is 15.3. The summed E-state index contributed by atoms with van der Waals surface area (Å²) in [5.41, 5.74) is 6.89. The second-order valence-electron chi connectivity index (χ2n) is 6.88. The summed E-state index contributed by atoms with van der Waals surface area (Å²) in [6, 6.07) is 12.8. The third kappa shape index (κ3) is 2.92. The predicted octanol–water partition coefficient (Wildman–Crippen LogP) is 2.67. The first kappa shape index (κ1) is 16.2. The van der Waals surface area contributed by atoms with Crippen molar-refractivity contribution in [3.05, 3.63) is 65.5 Å². The number of aromatic nitrogens is 3. The van der Waals surface area contributed by atoms with E-state index >= 15 is 0 Å². The normalized spacial score (nSPS) is 16.3. The highest BCUT2D eigenvalue weighted by Gasteiger charge is 2.20. The molecule has 0 N–H and O–H groups in total. The maximum Gasteiger partial charge on any atom is 0.129 e. The molecule has 27 heavy (non-hydrogen) atoms. The van der Waals surface area contributed by atoms with Gasteiger partial charge in [-0.2, -0.15) is 5.10 Å². The van der Waals surface area contributed by atoms with Crippen molar-refractivity contribution in [1.29, 1.82) is 0 Å². The fraction of sp³-hybridized carbons (Fsp3) is 0.286. The second kappa shape index (κ2) is 6.63. The molecule has 2 aliphatic heterocycles. The molecule has 1 saturated heterocycles. The minimum absolute atomic E-state index is 0.728. The van der Waals surface area contributed by atoms with Gasteiger partial charge in [-0.15, -0.1) is 0 Å². The molecule has 0 aliphatic carbocycles. The van der Waals surface area contributed by atoms with Gasteiger partial charge in [-0.25, -0.2) is 4.98 Å². The van der Waals surface area contributed by atoms with Crippen molar-refractivity contribution in [2.24, 2.45) is 12.0 Å². The molecule has 3 aromatic rings. The molecule has 0 atom stereocenters. The maximum absolute atomic E-state index is 5.46. The Balaban J connectivity index is 1.51. The standard InChI is InChI=1S/C21H21N5O/c1-25-19(5-7-24-25)15-2-3-17-14-23-21(18(17)12-15)16-4-6-22-20(13-16)26-8-10-27-11-9-26/h2-7,12-13H,8-11,14H2,1H3. The fourth-order valence-corrected chi connectivity index (χ4v) is 3.78. The van der Waals surface area contributed by atoms with Crippen molar-refractivity contribution < 1.29 is 4.74 Å². The molecule has 0 radical (unpaired) electrons. The number of aliphatic imine (C=N–C) groups is 1. The first-order chi connectivity index (χ1) is 13.3. The molecule has 136 valence electrons. The lowest BCUT2D eigenvalue weighted by Gasteiger charge is -2.28. The maximum atomic E-state index is 5.46. The van der Waals surface area contributed by atoms with Crippen LogP contribution in [0.2, 0.25) is 0 Å². The highest BCUT2D eigenvalue weighted by molar-refractivity contribution is 6.15. The van der Waals surface area contributed by atoms with E-state index in [1.165, 1.54) is 11.1 Å². The molecule has 1 aromatic carbocycles. The molecule has 5 rings (SSSR count). The van der Waals surface area contributed by atoms with Crippen molar-refractivity contribution in [3.63, 3.8) is 0 Å². The molecule has 0 bridgehead atoms. The molecule has 6 heteroatoms. The van der Waals surface area contributed by atoms with Crippen molar-refractivity contribution in [2.45, 2.75) is 6.54 Å². The zero-order valence-corrected chi connectivity index (χ0v) is 15.3. The van der Waals surface area contributed by atoms with Crippen molar-refractivity contribution in [2.75, 3.05) is 31.2 Å². The minimum Gasteiger partial charge on any atom is -0.378 e. The number of aryl methyl sites for hydroxylation is 1. The summed E-state index contributed by atoms with van der Waals surface area (Å²) in [7, 11) is 1.97. The summed E-state index contributed by atoms with van der Waals surface area (Å²) in [6.45, 7) is 3.99. The fourth-order valence-electron chi connectivity index (χ4n) is 3.78. The van der Waals surface area contributed by atoms with Crippen LogP contribution in [0, 0.1) is 0 Å². The van der Waals surface area contributed by atoms with Gasteiger partial charge in [0, 0.05) is 49.2 Å². The van der Waals surface area contributed by atoms with E-state index < -0.39 is 0 Å². The summed E-state index contributed by atoms with van der Waals surface area (Å²) in [4.78, 5) is 11.7. The van der Waals surface area contributed by atoms with Gasteiger partial charge >= 0.3 is 0 Å².